The molecule has 0 aromatic carbocycles. The van der Waals surface area contributed by atoms with Gasteiger partial charge >= 0.3 is 0 Å². The second kappa shape index (κ2) is 6.49. The Bertz CT molecular complexity index is 449. The van der Waals surface area contributed by atoms with Gasteiger partial charge in [-0.3, -0.25) is 4.68 Å². The number of rotatable bonds is 4. The normalized spacial score (nSPS) is 37.0. The Morgan fingerprint density at radius 2 is 2.05 bits per heavy atom. The van der Waals surface area contributed by atoms with Gasteiger partial charge in [-0.05, 0) is 56.0 Å². The smallest absolute Gasteiger partial charge is 0.114 e. The number of aryl methyl sites for hydroxylation is 1. The summed E-state index contributed by atoms with van der Waals surface area (Å²) in [5.41, 5.74) is 1.19. The molecule has 118 valence electrons. The molecule has 1 saturated heterocycles. The molecule has 1 aliphatic carbocycles. The highest BCUT2D eigenvalue weighted by molar-refractivity contribution is 5.09. The average Bonchev–Trinajstić information content (AvgIpc) is 3.03. The topological polar surface area (TPSA) is 39.1 Å². The molecular weight excluding hydrogens is 262 g/mol. The molecular formula is C17H29N3O. The zero-order valence-corrected chi connectivity index (χ0v) is 13.6. The number of aromatic nitrogens is 2. The molecule has 1 aromatic heterocycles. The van der Waals surface area contributed by atoms with Gasteiger partial charge in [0.25, 0.3) is 0 Å². The quantitative estimate of drug-likeness (QED) is 0.927. The highest BCUT2D eigenvalue weighted by Gasteiger charge is 2.32. The minimum Gasteiger partial charge on any atom is -0.370 e. The molecule has 0 spiro atoms. The molecule has 2 heterocycles. The van der Waals surface area contributed by atoms with Gasteiger partial charge in [0, 0.05) is 25.9 Å². The van der Waals surface area contributed by atoms with E-state index in [0.29, 0.717) is 6.04 Å². The summed E-state index contributed by atoms with van der Waals surface area (Å²) in [4.78, 5) is 0. The van der Waals surface area contributed by atoms with E-state index in [1.807, 2.05) is 17.9 Å². The lowest BCUT2D eigenvalue weighted by Gasteiger charge is -2.32. The molecule has 1 N–H and O–H groups in total. The van der Waals surface area contributed by atoms with E-state index in [4.69, 9.17) is 4.74 Å². The third-order valence-electron chi connectivity index (χ3n) is 5.19. The van der Waals surface area contributed by atoms with Gasteiger partial charge in [0.05, 0.1) is 5.69 Å². The molecule has 4 nitrogen and oxygen atoms in total. The van der Waals surface area contributed by atoms with Gasteiger partial charge in [0.15, 0.2) is 0 Å². The van der Waals surface area contributed by atoms with E-state index in [2.05, 4.69) is 30.3 Å². The summed E-state index contributed by atoms with van der Waals surface area (Å²) in [6.45, 7) is 6.79. The molecule has 1 aliphatic heterocycles. The second-order valence-electron chi connectivity index (χ2n) is 7.26. The van der Waals surface area contributed by atoms with Gasteiger partial charge in [-0.1, -0.05) is 13.8 Å². The zero-order chi connectivity index (χ0) is 14.8. The van der Waals surface area contributed by atoms with Crippen LogP contribution in [0.25, 0.3) is 0 Å². The molecule has 2 fully saturated rings. The molecule has 0 radical (unpaired) electrons. The SMILES string of the molecule is CC1CC(C)CC(CN[C@H]2CCO[C@@H]2c2ccnn2C)C1. The summed E-state index contributed by atoms with van der Waals surface area (Å²) in [6.07, 6.45) is 7.28. The molecule has 2 unspecified atom stereocenters. The van der Waals surface area contributed by atoms with Crippen molar-refractivity contribution in [1.82, 2.24) is 15.1 Å². The first kappa shape index (κ1) is 15.0. The summed E-state index contributed by atoms with van der Waals surface area (Å²) in [5, 5.41) is 8.07. The van der Waals surface area contributed by atoms with Crippen LogP contribution in [0.15, 0.2) is 12.3 Å². The monoisotopic (exact) mass is 291 g/mol. The Labute approximate surface area is 128 Å². The molecule has 4 heteroatoms. The van der Waals surface area contributed by atoms with Gasteiger partial charge in [0.2, 0.25) is 0 Å². The molecule has 0 bridgehead atoms. The minimum absolute atomic E-state index is 0.163. The highest BCUT2D eigenvalue weighted by atomic mass is 16.5. The van der Waals surface area contributed by atoms with Crippen LogP contribution in [0.3, 0.4) is 0 Å². The van der Waals surface area contributed by atoms with Crippen LogP contribution in [0.5, 0.6) is 0 Å². The fraction of sp³-hybridized carbons (Fsp3) is 0.824. The van der Waals surface area contributed by atoms with Crippen molar-refractivity contribution in [2.24, 2.45) is 24.8 Å². The maximum Gasteiger partial charge on any atom is 0.114 e. The Balaban J connectivity index is 1.56. The molecule has 0 amide bonds. The van der Waals surface area contributed by atoms with Crippen molar-refractivity contribution < 1.29 is 4.74 Å². The lowest BCUT2D eigenvalue weighted by Crippen LogP contribution is -2.38. The van der Waals surface area contributed by atoms with E-state index >= 15 is 0 Å². The van der Waals surface area contributed by atoms with Crippen molar-refractivity contribution in [1.29, 1.82) is 0 Å². The molecule has 3 rings (SSSR count). The standard InChI is InChI=1S/C17H29N3O/c1-12-8-13(2)10-14(9-12)11-18-15-5-7-21-17(15)16-4-6-19-20(16)3/h4,6,12-15,17-18H,5,7-11H2,1-3H3/t12?,13?,14?,15-,17-/m0/s1. The van der Waals surface area contributed by atoms with Crippen LogP contribution >= 0.6 is 0 Å². The van der Waals surface area contributed by atoms with Gasteiger partial charge in [0.1, 0.15) is 6.10 Å². The van der Waals surface area contributed by atoms with E-state index in [1.54, 1.807) is 0 Å². The van der Waals surface area contributed by atoms with Gasteiger partial charge in [-0.25, -0.2) is 0 Å². The number of nitrogens with zero attached hydrogens (tertiary/aromatic N) is 2. The number of hydrogen-bond acceptors (Lipinski definition) is 3. The first-order valence-electron chi connectivity index (χ1n) is 8.46. The minimum atomic E-state index is 0.163. The number of nitrogens with one attached hydrogen (secondary N) is 1. The summed E-state index contributed by atoms with van der Waals surface area (Å²) >= 11 is 0. The van der Waals surface area contributed by atoms with Crippen LogP contribution in [-0.2, 0) is 11.8 Å². The largest absolute Gasteiger partial charge is 0.370 e. The van der Waals surface area contributed by atoms with E-state index in [0.717, 1.165) is 37.3 Å². The molecule has 2 aliphatic rings. The van der Waals surface area contributed by atoms with Crippen LogP contribution in [0.4, 0.5) is 0 Å². The lowest BCUT2D eigenvalue weighted by atomic mass is 9.76. The van der Waals surface area contributed by atoms with E-state index in [1.165, 1.54) is 25.0 Å². The van der Waals surface area contributed by atoms with Crippen molar-refractivity contribution >= 4 is 0 Å². The second-order valence-corrected chi connectivity index (χ2v) is 7.26. The first-order valence-corrected chi connectivity index (χ1v) is 8.46. The van der Waals surface area contributed by atoms with Crippen LogP contribution < -0.4 is 5.32 Å². The van der Waals surface area contributed by atoms with Crippen LogP contribution in [-0.4, -0.2) is 29.0 Å². The van der Waals surface area contributed by atoms with Crippen molar-refractivity contribution in [3.63, 3.8) is 0 Å². The third kappa shape index (κ3) is 3.49. The van der Waals surface area contributed by atoms with Crippen molar-refractivity contribution in [3.05, 3.63) is 18.0 Å². The van der Waals surface area contributed by atoms with Crippen LogP contribution in [0.1, 0.15) is 51.3 Å². The summed E-state index contributed by atoms with van der Waals surface area (Å²) < 4.78 is 7.89. The molecule has 4 atom stereocenters. The van der Waals surface area contributed by atoms with Crippen LogP contribution in [0.2, 0.25) is 0 Å². The van der Waals surface area contributed by atoms with E-state index in [-0.39, 0.29) is 6.10 Å². The number of hydrogen-bond donors (Lipinski definition) is 1. The summed E-state index contributed by atoms with van der Waals surface area (Å²) in [5.74, 6) is 2.60. The van der Waals surface area contributed by atoms with Crippen LogP contribution in [0, 0.1) is 17.8 Å². The molecule has 1 aromatic rings. The fourth-order valence-electron chi connectivity index (χ4n) is 4.35. The zero-order valence-electron chi connectivity index (χ0n) is 13.6. The van der Waals surface area contributed by atoms with Gasteiger partial charge in [-0.2, -0.15) is 5.10 Å². The Morgan fingerprint density at radius 1 is 1.29 bits per heavy atom. The fourth-order valence-corrected chi connectivity index (χ4v) is 4.35. The van der Waals surface area contributed by atoms with E-state index in [9.17, 15) is 0 Å². The predicted molar refractivity (Wildman–Crippen MR) is 84.0 cm³/mol. The van der Waals surface area contributed by atoms with Gasteiger partial charge in [-0.15, -0.1) is 0 Å². The van der Waals surface area contributed by atoms with Gasteiger partial charge < -0.3 is 10.1 Å². The average molecular weight is 291 g/mol. The molecule has 21 heavy (non-hydrogen) atoms. The highest BCUT2D eigenvalue weighted by Crippen LogP contribution is 2.33. The third-order valence-corrected chi connectivity index (χ3v) is 5.19. The maximum atomic E-state index is 5.95. The maximum absolute atomic E-state index is 5.95. The summed E-state index contributed by atoms with van der Waals surface area (Å²) in [6, 6.07) is 2.52. The Hall–Kier alpha value is -0.870. The Kier molecular flexibility index (Phi) is 4.65. The first-order chi connectivity index (χ1) is 10.1. The summed E-state index contributed by atoms with van der Waals surface area (Å²) in [7, 11) is 2.00. The van der Waals surface area contributed by atoms with Crippen molar-refractivity contribution in [2.75, 3.05) is 13.2 Å². The Morgan fingerprint density at radius 3 is 2.71 bits per heavy atom. The van der Waals surface area contributed by atoms with E-state index < -0.39 is 0 Å². The van der Waals surface area contributed by atoms with Crippen molar-refractivity contribution in [2.45, 2.75) is 51.7 Å². The predicted octanol–water partition coefficient (Wildman–Crippen LogP) is 2.91. The number of ether oxygens (including phenoxy) is 1. The molecule has 1 saturated carbocycles. The lowest BCUT2D eigenvalue weighted by molar-refractivity contribution is 0.0898. The van der Waals surface area contributed by atoms with Crippen molar-refractivity contribution in [3.8, 4) is 0 Å².